The molecule has 1 aromatic carbocycles. The summed E-state index contributed by atoms with van der Waals surface area (Å²) in [6.07, 6.45) is 2.90. The van der Waals surface area contributed by atoms with E-state index in [2.05, 4.69) is 32.2 Å². The monoisotopic (exact) mass is 332 g/mol. The van der Waals surface area contributed by atoms with E-state index in [4.69, 9.17) is 9.47 Å². The van der Waals surface area contributed by atoms with Crippen LogP contribution in [0.25, 0.3) is 0 Å². The number of nitriles is 1. The lowest BCUT2D eigenvalue weighted by Crippen LogP contribution is -2.21. The van der Waals surface area contributed by atoms with E-state index >= 15 is 0 Å². The summed E-state index contributed by atoms with van der Waals surface area (Å²) >= 11 is 0. The first-order valence-electron chi connectivity index (χ1n) is 9.13. The van der Waals surface area contributed by atoms with E-state index in [0.717, 1.165) is 24.1 Å². The maximum atomic E-state index is 9.51. The molecule has 0 amide bonds. The molecule has 0 spiro atoms. The van der Waals surface area contributed by atoms with Crippen molar-refractivity contribution in [3.63, 3.8) is 0 Å². The number of benzene rings is 1. The third kappa shape index (κ3) is 6.14. The quantitative estimate of drug-likeness (QED) is 0.562. The highest BCUT2D eigenvalue weighted by Gasteiger charge is 2.17. The van der Waals surface area contributed by atoms with Gasteiger partial charge in [0, 0.05) is 30.5 Å². The van der Waals surface area contributed by atoms with Gasteiger partial charge in [0.2, 0.25) is 0 Å². The van der Waals surface area contributed by atoms with Crippen LogP contribution >= 0.6 is 0 Å². The van der Waals surface area contributed by atoms with Crippen molar-refractivity contribution < 1.29 is 9.47 Å². The predicted molar refractivity (Wildman–Crippen MR) is 98.9 cm³/mol. The van der Waals surface area contributed by atoms with Crippen molar-refractivity contribution in [2.24, 2.45) is 5.92 Å². The Morgan fingerprint density at radius 3 is 2.25 bits per heavy atom. The van der Waals surface area contributed by atoms with Crippen LogP contribution in [0.3, 0.4) is 0 Å². The van der Waals surface area contributed by atoms with Crippen molar-refractivity contribution in [1.82, 2.24) is 0 Å². The van der Waals surface area contributed by atoms with Crippen molar-refractivity contribution >= 4 is 5.69 Å². The zero-order chi connectivity index (χ0) is 17.9. The maximum absolute atomic E-state index is 9.51. The summed E-state index contributed by atoms with van der Waals surface area (Å²) in [6, 6.07) is 8.55. The standard InChI is InChI=1S/C20H32N2O2/c1-6-15(5)12-17(7-2)22-18-10-11-19(16(13-18)14-21)20(23-8-3)24-9-4/h10-11,13,15,17,20,22H,6-9,12H2,1-5H3. The molecule has 1 aromatic rings. The van der Waals surface area contributed by atoms with Gasteiger partial charge in [0.25, 0.3) is 0 Å². The van der Waals surface area contributed by atoms with Crippen LogP contribution in [-0.4, -0.2) is 19.3 Å². The second kappa shape index (κ2) is 11.1. The Hall–Kier alpha value is -1.57. The molecule has 24 heavy (non-hydrogen) atoms. The first kappa shape index (κ1) is 20.5. The highest BCUT2D eigenvalue weighted by Crippen LogP contribution is 2.26. The van der Waals surface area contributed by atoms with E-state index in [1.165, 1.54) is 6.42 Å². The summed E-state index contributed by atoms with van der Waals surface area (Å²) < 4.78 is 11.3. The van der Waals surface area contributed by atoms with Crippen molar-refractivity contribution in [3.05, 3.63) is 29.3 Å². The van der Waals surface area contributed by atoms with Crippen LogP contribution in [0.5, 0.6) is 0 Å². The highest BCUT2D eigenvalue weighted by atomic mass is 16.7. The molecular formula is C20H32N2O2. The zero-order valence-corrected chi connectivity index (χ0v) is 15.8. The lowest BCUT2D eigenvalue weighted by atomic mass is 9.97. The Morgan fingerprint density at radius 1 is 1.08 bits per heavy atom. The smallest absolute Gasteiger partial charge is 0.185 e. The number of nitrogens with zero attached hydrogens (tertiary/aromatic N) is 1. The van der Waals surface area contributed by atoms with Crippen LogP contribution in [0.2, 0.25) is 0 Å². The number of nitrogens with one attached hydrogen (secondary N) is 1. The Balaban J connectivity index is 2.94. The van der Waals surface area contributed by atoms with Crippen LogP contribution in [0.1, 0.15) is 71.3 Å². The first-order valence-corrected chi connectivity index (χ1v) is 9.13. The molecule has 1 N–H and O–H groups in total. The van der Waals surface area contributed by atoms with E-state index in [1.54, 1.807) is 0 Å². The van der Waals surface area contributed by atoms with Gasteiger partial charge in [-0.1, -0.05) is 33.3 Å². The molecule has 0 saturated heterocycles. The van der Waals surface area contributed by atoms with Crippen LogP contribution in [0, 0.1) is 17.2 Å². The average molecular weight is 332 g/mol. The average Bonchev–Trinajstić information content (AvgIpc) is 2.60. The number of hydrogen-bond donors (Lipinski definition) is 1. The van der Waals surface area contributed by atoms with Gasteiger partial charge in [-0.2, -0.15) is 5.26 Å². The van der Waals surface area contributed by atoms with Crippen molar-refractivity contribution in [3.8, 4) is 6.07 Å². The Kier molecular flexibility index (Phi) is 9.44. The Bertz CT molecular complexity index is 519. The molecule has 0 radical (unpaired) electrons. The number of hydrogen-bond acceptors (Lipinski definition) is 4. The largest absolute Gasteiger partial charge is 0.382 e. The van der Waals surface area contributed by atoms with Gasteiger partial charge in [-0.3, -0.25) is 0 Å². The number of anilines is 1. The normalized spacial score (nSPS) is 13.5. The minimum atomic E-state index is -0.481. The second-order valence-electron chi connectivity index (χ2n) is 6.16. The van der Waals surface area contributed by atoms with Crippen molar-refractivity contribution in [2.45, 2.75) is 66.2 Å². The molecule has 0 bridgehead atoms. The van der Waals surface area contributed by atoms with Crippen molar-refractivity contribution in [1.29, 1.82) is 5.26 Å². The molecule has 2 unspecified atom stereocenters. The second-order valence-corrected chi connectivity index (χ2v) is 6.16. The fourth-order valence-electron chi connectivity index (χ4n) is 2.69. The molecule has 134 valence electrons. The van der Waals surface area contributed by atoms with Gasteiger partial charge in [0.15, 0.2) is 6.29 Å². The SMILES string of the molecule is CCOC(OCC)c1ccc(NC(CC)CC(C)CC)cc1C#N. The molecule has 0 aromatic heterocycles. The first-order chi connectivity index (χ1) is 11.6. The molecule has 0 aliphatic heterocycles. The van der Waals surface area contributed by atoms with Gasteiger partial charge in [-0.25, -0.2) is 0 Å². The van der Waals surface area contributed by atoms with Gasteiger partial charge in [-0.15, -0.1) is 0 Å². The molecule has 4 nitrogen and oxygen atoms in total. The number of rotatable bonds is 11. The minimum absolute atomic E-state index is 0.423. The predicted octanol–water partition coefficient (Wildman–Crippen LogP) is 5.26. The molecule has 4 heteroatoms. The molecule has 0 aliphatic rings. The van der Waals surface area contributed by atoms with Gasteiger partial charge < -0.3 is 14.8 Å². The highest BCUT2D eigenvalue weighted by molar-refractivity contribution is 5.53. The molecule has 0 aliphatic carbocycles. The number of ether oxygens (including phenoxy) is 2. The molecule has 2 atom stereocenters. The lowest BCUT2D eigenvalue weighted by Gasteiger charge is -2.23. The van der Waals surface area contributed by atoms with Gasteiger partial charge in [-0.05, 0) is 44.7 Å². The molecule has 0 saturated carbocycles. The van der Waals surface area contributed by atoms with Crippen molar-refractivity contribution in [2.75, 3.05) is 18.5 Å². The third-order valence-corrected chi connectivity index (χ3v) is 4.31. The van der Waals surface area contributed by atoms with E-state index in [9.17, 15) is 5.26 Å². The Labute approximate surface area is 147 Å². The van der Waals surface area contributed by atoms with Crippen LogP contribution in [0.4, 0.5) is 5.69 Å². The lowest BCUT2D eigenvalue weighted by molar-refractivity contribution is -0.140. The summed E-state index contributed by atoms with van der Waals surface area (Å²) in [5.74, 6) is 0.692. The Morgan fingerprint density at radius 2 is 1.75 bits per heavy atom. The maximum Gasteiger partial charge on any atom is 0.185 e. The van der Waals surface area contributed by atoms with E-state index in [1.807, 2.05) is 32.0 Å². The van der Waals surface area contributed by atoms with Gasteiger partial charge >= 0.3 is 0 Å². The summed E-state index contributed by atoms with van der Waals surface area (Å²) in [5.41, 5.74) is 2.38. The van der Waals surface area contributed by atoms with E-state index in [-0.39, 0.29) is 0 Å². The summed E-state index contributed by atoms with van der Waals surface area (Å²) in [4.78, 5) is 0. The minimum Gasteiger partial charge on any atom is -0.382 e. The summed E-state index contributed by atoms with van der Waals surface area (Å²) in [7, 11) is 0. The third-order valence-electron chi connectivity index (χ3n) is 4.31. The molecular weight excluding hydrogens is 300 g/mol. The fraction of sp³-hybridized carbons (Fsp3) is 0.650. The van der Waals surface area contributed by atoms with Crippen LogP contribution in [-0.2, 0) is 9.47 Å². The van der Waals surface area contributed by atoms with E-state index < -0.39 is 6.29 Å². The van der Waals surface area contributed by atoms with Gasteiger partial charge in [0.05, 0.1) is 11.6 Å². The summed E-state index contributed by atoms with van der Waals surface area (Å²) in [6.45, 7) is 11.6. The van der Waals surface area contributed by atoms with Crippen LogP contribution < -0.4 is 5.32 Å². The zero-order valence-electron chi connectivity index (χ0n) is 15.8. The van der Waals surface area contributed by atoms with Gasteiger partial charge in [0.1, 0.15) is 0 Å². The van der Waals surface area contributed by atoms with E-state index in [0.29, 0.717) is 30.7 Å². The molecule has 0 fully saturated rings. The fourth-order valence-corrected chi connectivity index (χ4v) is 2.69. The molecule has 1 rings (SSSR count). The van der Waals surface area contributed by atoms with Crippen LogP contribution in [0.15, 0.2) is 18.2 Å². The molecule has 0 heterocycles. The topological polar surface area (TPSA) is 54.3 Å². The summed E-state index contributed by atoms with van der Waals surface area (Å²) in [5, 5.41) is 13.1.